The summed E-state index contributed by atoms with van der Waals surface area (Å²) in [6.45, 7) is 0. The minimum absolute atomic E-state index is 0.139. The van der Waals surface area contributed by atoms with Crippen LogP contribution in [0.15, 0.2) is 90.0 Å². The molecule has 0 atom stereocenters. The lowest BCUT2D eigenvalue weighted by Crippen LogP contribution is -2.19. The normalized spacial score (nSPS) is 11.7. The van der Waals surface area contributed by atoms with E-state index in [9.17, 15) is 18.0 Å². The first-order valence-electron chi connectivity index (χ1n) is 9.38. The lowest BCUT2D eigenvalue weighted by Gasteiger charge is -2.10. The molecule has 0 spiro atoms. The zero-order valence-corrected chi connectivity index (χ0v) is 16.1. The Labute approximate surface area is 176 Å². The summed E-state index contributed by atoms with van der Waals surface area (Å²) < 4.78 is 39.4. The van der Waals surface area contributed by atoms with Crippen LogP contribution in [-0.2, 0) is 6.18 Å². The Morgan fingerprint density at radius 3 is 2.35 bits per heavy atom. The average molecular weight is 419 g/mol. The Hall–Kier alpha value is -4.00. The van der Waals surface area contributed by atoms with E-state index in [2.05, 4.69) is 15.5 Å². The van der Waals surface area contributed by atoms with Gasteiger partial charge >= 0.3 is 6.18 Å². The van der Waals surface area contributed by atoms with Crippen molar-refractivity contribution < 1.29 is 18.0 Å². The SMILES string of the molecule is O=C(N/N=C/c1ccccc1C(F)(F)F)c1cc(-c2ccccc2)nc2ccccc12. The van der Waals surface area contributed by atoms with Gasteiger partial charge < -0.3 is 0 Å². The molecule has 4 nitrogen and oxygen atoms in total. The minimum Gasteiger partial charge on any atom is -0.267 e. The number of aromatic nitrogens is 1. The number of benzene rings is 3. The second-order valence-corrected chi connectivity index (χ2v) is 6.72. The number of hydrogen-bond donors (Lipinski definition) is 1. The van der Waals surface area contributed by atoms with Gasteiger partial charge in [0.25, 0.3) is 5.91 Å². The van der Waals surface area contributed by atoms with Gasteiger partial charge in [-0.25, -0.2) is 10.4 Å². The summed E-state index contributed by atoms with van der Waals surface area (Å²) in [5, 5.41) is 4.37. The van der Waals surface area contributed by atoms with Crippen LogP contribution in [-0.4, -0.2) is 17.1 Å². The number of nitrogens with zero attached hydrogens (tertiary/aromatic N) is 2. The average Bonchev–Trinajstić information content (AvgIpc) is 2.78. The van der Waals surface area contributed by atoms with Crippen molar-refractivity contribution in [1.29, 1.82) is 0 Å². The van der Waals surface area contributed by atoms with Gasteiger partial charge in [-0.05, 0) is 18.2 Å². The summed E-state index contributed by atoms with van der Waals surface area (Å²) in [7, 11) is 0. The molecule has 0 bridgehead atoms. The van der Waals surface area contributed by atoms with Crippen LogP contribution in [0.3, 0.4) is 0 Å². The molecule has 0 saturated heterocycles. The summed E-state index contributed by atoms with van der Waals surface area (Å²) in [5.74, 6) is -0.545. The maximum Gasteiger partial charge on any atom is 0.417 e. The molecule has 0 aliphatic carbocycles. The first-order valence-corrected chi connectivity index (χ1v) is 9.38. The summed E-state index contributed by atoms with van der Waals surface area (Å²) >= 11 is 0. The highest BCUT2D eigenvalue weighted by atomic mass is 19.4. The standard InChI is InChI=1S/C24H16F3N3O/c25-24(26,27)20-12-6-4-10-17(20)15-28-30-23(31)19-14-22(16-8-2-1-3-9-16)29-21-13-7-5-11-18(19)21/h1-15H,(H,30,31)/b28-15+. The van der Waals surface area contributed by atoms with Crippen molar-refractivity contribution >= 4 is 23.0 Å². The topological polar surface area (TPSA) is 54.4 Å². The van der Waals surface area contributed by atoms with E-state index in [1.807, 2.05) is 36.4 Å². The number of alkyl halides is 3. The van der Waals surface area contributed by atoms with E-state index >= 15 is 0 Å². The lowest BCUT2D eigenvalue weighted by molar-refractivity contribution is -0.137. The van der Waals surface area contributed by atoms with Crippen LogP contribution in [0.1, 0.15) is 21.5 Å². The van der Waals surface area contributed by atoms with E-state index in [-0.39, 0.29) is 5.56 Å². The Bertz CT molecular complexity index is 1270. The number of hydrogen-bond acceptors (Lipinski definition) is 3. The highest BCUT2D eigenvalue weighted by Gasteiger charge is 2.32. The summed E-state index contributed by atoms with van der Waals surface area (Å²) in [4.78, 5) is 17.5. The third kappa shape index (κ3) is 4.45. The van der Waals surface area contributed by atoms with Gasteiger partial charge in [0.2, 0.25) is 0 Å². The second-order valence-electron chi connectivity index (χ2n) is 6.72. The number of hydrazone groups is 1. The highest BCUT2D eigenvalue weighted by molar-refractivity contribution is 6.07. The number of fused-ring (bicyclic) bond motifs is 1. The quantitative estimate of drug-likeness (QED) is 0.342. The molecule has 1 aromatic heterocycles. The number of pyridine rings is 1. The fraction of sp³-hybridized carbons (Fsp3) is 0.0417. The smallest absolute Gasteiger partial charge is 0.267 e. The Morgan fingerprint density at radius 2 is 1.58 bits per heavy atom. The molecule has 1 amide bonds. The van der Waals surface area contributed by atoms with E-state index < -0.39 is 17.6 Å². The predicted octanol–water partition coefficient (Wildman–Crippen LogP) is 5.68. The first-order chi connectivity index (χ1) is 14.9. The van der Waals surface area contributed by atoms with Gasteiger partial charge in [-0.3, -0.25) is 4.79 Å². The van der Waals surface area contributed by atoms with Crippen LogP contribution in [0.25, 0.3) is 22.2 Å². The monoisotopic (exact) mass is 419 g/mol. The Balaban J connectivity index is 1.66. The molecule has 0 aliphatic heterocycles. The van der Waals surface area contributed by atoms with Crippen molar-refractivity contribution in [3.63, 3.8) is 0 Å². The number of para-hydroxylation sites is 1. The molecule has 7 heteroatoms. The highest BCUT2D eigenvalue weighted by Crippen LogP contribution is 2.31. The number of nitrogens with one attached hydrogen (secondary N) is 1. The van der Waals surface area contributed by atoms with Crippen molar-refractivity contribution in [2.24, 2.45) is 5.10 Å². The fourth-order valence-electron chi connectivity index (χ4n) is 3.21. The van der Waals surface area contributed by atoms with Gasteiger partial charge in [0.05, 0.1) is 28.6 Å². The number of rotatable bonds is 4. The number of amides is 1. The third-order valence-electron chi connectivity index (χ3n) is 4.67. The zero-order valence-electron chi connectivity index (χ0n) is 16.1. The summed E-state index contributed by atoms with van der Waals surface area (Å²) in [6, 6.07) is 23.2. The molecule has 3 aromatic carbocycles. The van der Waals surface area contributed by atoms with E-state index in [1.54, 1.807) is 24.3 Å². The van der Waals surface area contributed by atoms with Gasteiger partial charge in [0, 0.05) is 16.5 Å². The van der Waals surface area contributed by atoms with Crippen LogP contribution < -0.4 is 5.43 Å². The molecule has 154 valence electrons. The van der Waals surface area contributed by atoms with Gasteiger partial charge in [0.1, 0.15) is 0 Å². The fourth-order valence-corrected chi connectivity index (χ4v) is 3.21. The third-order valence-corrected chi connectivity index (χ3v) is 4.67. The maximum atomic E-state index is 13.1. The van der Waals surface area contributed by atoms with Crippen molar-refractivity contribution in [2.45, 2.75) is 6.18 Å². The van der Waals surface area contributed by atoms with Crippen LogP contribution in [0, 0.1) is 0 Å². The molecule has 4 rings (SSSR count). The molecule has 1 N–H and O–H groups in total. The first kappa shape index (κ1) is 20.3. The molecule has 4 aromatic rings. The molecule has 0 aliphatic rings. The Kier molecular flexibility index (Phi) is 5.49. The van der Waals surface area contributed by atoms with Gasteiger partial charge in [-0.15, -0.1) is 0 Å². The molecule has 0 saturated carbocycles. The molecule has 1 heterocycles. The zero-order chi connectivity index (χ0) is 21.8. The summed E-state index contributed by atoms with van der Waals surface area (Å²) in [6.07, 6.45) is -3.53. The van der Waals surface area contributed by atoms with Gasteiger partial charge in [0.15, 0.2) is 0 Å². The Morgan fingerprint density at radius 1 is 0.903 bits per heavy atom. The summed E-state index contributed by atoms with van der Waals surface area (Å²) in [5.41, 5.74) is 3.76. The van der Waals surface area contributed by atoms with Crippen molar-refractivity contribution in [1.82, 2.24) is 10.4 Å². The van der Waals surface area contributed by atoms with E-state index in [0.29, 0.717) is 22.2 Å². The van der Waals surface area contributed by atoms with Crippen LogP contribution in [0.2, 0.25) is 0 Å². The van der Waals surface area contributed by atoms with Crippen LogP contribution >= 0.6 is 0 Å². The molecule has 31 heavy (non-hydrogen) atoms. The molecular formula is C24H16F3N3O. The van der Waals surface area contributed by atoms with Gasteiger partial charge in [-0.1, -0.05) is 66.7 Å². The molecule has 0 radical (unpaired) electrons. The van der Waals surface area contributed by atoms with E-state index in [4.69, 9.17) is 0 Å². The number of halogens is 3. The predicted molar refractivity (Wildman–Crippen MR) is 114 cm³/mol. The van der Waals surface area contributed by atoms with E-state index in [0.717, 1.165) is 17.8 Å². The molecular weight excluding hydrogens is 403 g/mol. The molecule has 0 fully saturated rings. The van der Waals surface area contributed by atoms with E-state index in [1.165, 1.54) is 18.2 Å². The minimum atomic E-state index is -4.52. The van der Waals surface area contributed by atoms with Gasteiger partial charge in [-0.2, -0.15) is 18.3 Å². The lowest BCUT2D eigenvalue weighted by atomic mass is 10.0. The maximum absolute atomic E-state index is 13.1. The van der Waals surface area contributed by atoms with Crippen molar-refractivity contribution in [3.8, 4) is 11.3 Å². The van der Waals surface area contributed by atoms with Crippen molar-refractivity contribution in [2.75, 3.05) is 0 Å². The number of carbonyl (C=O) groups is 1. The second kappa shape index (κ2) is 8.39. The van der Waals surface area contributed by atoms with Crippen molar-refractivity contribution in [3.05, 3.63) is 102 Å². The van der Waals surface area contributed by atoms with Crippen LogP contribution in [0.4, 0.5) is 13.2 Å². The van der Waals surface area contributed by atoms with Crippen LogP contribution in [0.5, 0.6) is 0 Å². The largest absolute Gasteiger partial charge is 0.417 e. The number of carbonyl (C=O) groups excluding carboxylic acids is 1. The molecule has 0 unspecified atom stereocenters.